The molecule has 2 heteroatoms. The Kier molecular flexibility index (Phi) is 8.74. The van der Waals surface area contributed by atoms with Gasteiger partial charge < -0.3 is 9.47 Å². The normalized spacial score (nSPS) is 14.7. The van der Waals surface area contributed by atoms with Crippen molar-refractivity contribution in [3.63, 3.8) is 0 Å². The summed E-state index contributed by atoms with van der Waals surface area (Å²) >= 11 is 0. The SMILES string of the molecule is CC(C)(C)c1ccc2c(c1)C(C)(C)c1cc(C(C)(C)C)cc(N(c3ccc(-c4ccccc4)cc3)c3ccc(-n4c5ccccc5c5cc6c(cc54)C(C)(C)c4ccccc4-6)cc3)c1-2. The number of para-hydroxylation sites is 1. The number of rotatable bonds is 5. The third kappa shape index (κ3) is 6.06. The van der Waals surface area contributed by atoms with Gasteiger partial charge in [-0.3, -0.25) is 0 Å². The maximum atomic E-state index is 2.52. The lowest BCUT2D eigenvalue weighted by Gasteiger charge is -2.32. The highest BCUT2D eigenvalue weighted by molar-refractivity contribution is 6.11. The molecule has 2 aliphatic rings. The summed E-state index contributed by atoms with van der Waals surface area (Å²) in [6, 6.07) is 64.3. The molecule has 0 atom stereocenters. The number of hydrogen-bond donors (Lipinski definition) is 0. The van der Waals surface area contributed by atoms with Gasteiger partial charge in [0.15, 0.2) is 0 Å². The van der Waals surface area contributed by atoms with E-state index in [1.807, 2.05) is 0 Å². The third-order valence-corrected chi connectivity index (χ3v) is 14.7. The van der Waals surface area contributed by atoms with Crippen LogP contribution in [-0.4, -0.2) is 4.57 Å². The van der Waals surface area contributed by atoms with E-state index in [1.54, 1.807) is 0 Å². The van der Waals surface area contributed by atoms with Gasteiger partial charge in [0.05, 0.1) is 16.7 Å². The predicted molar refractivity (Wildman–Crippen MR) is 273 cm³/mol. The highest BCUT2D eigenvalue weighted by Gasteiger charge is 2.41. The van der Waals surface area contributed by atoms with Crippen molar-refractivity contribution in [2.75, 3.05) is 4.90 Å². The van der Waals surface area contributed by atoms with Crippen LogP contribution in [0.5, 0.6) is 0 Å². The first-order valence-electron chi connectivity index (χ1n) is 23.1. The Morgan fingerprint density at radius 3 is 1.69 bits per heavy atom. The molecule has 0 unspecified atom stereocenters. The Hall–Kier alpha value is -6.64. The van der Waals surface area contributed by atoms with Crippen LogP contribution < -0.4 is 4.90 Å². The molecule has 8 aromatic carbocycles. The first-order chi connectivity index (χ1) is 30.5. The Labute approximate surface area is 379 Å². The fourth-order valence-electron chi connectivity index (χ4n) is 11.0. The van der Waals surface area contributed by atoms with Crippen molar-refractivity contribution in [1.82, 2.24) is 4.57 Å². The smallest absolute Gasteiger partial charge is 0.0546 e. The third-order valence-electron chi connectivity index (χ3n) is 14.7. The van der Waals surface area contributed by atoms with E-state index in [1.165, 1.54) is 94.3 Å². The zero-order valence-corrected chi connectivity index (χ0v) is 39.1. The number of benzene rings is 8. The van der Waals surface area contributed by atoms with Gasteiger partial charge in [0.25, 0.3) is 0 Å². The number of fused-ring (bicyclic) bond motifs is 9. The fourth-order valence-corrected chi connectivity index (χ4v) is 11.0. The van der Waals surface area contributed by atoms with Gasteiger partial charge in [-0.1, -0.05) is 178 Å². The van der Waals surface area contributed by atoms with Crippen molar-refractivity contribution in [3.05, 3.63) is 203 Å². The summed E-state index contributed by atoms with van der Waals surface area (Å²) in [5.74, 6) is 0. The van der Waals surface area contributed by atoms with Crippen LogP contribution in [0, 0.1) is 0 Å². The molecule has 1 heterocycles. The molecule has 0 fully saturated rings. The van der Waals surface area contributed by atoms with E-state index in [9.17, 15) is 0 Å². The second-order valence-electron chi connectivity index (χ2n) is 21.5. The number of hydrogen-bond acceptors (Lipinski definition) is 1. The van der Waals surface area contributed by atoms with Crippen molar-refractivity contribution >= 4 is 38.9 Å². The molecule has 0 amide bonds. The molecule has 2 nitrogen and oxygen atoms in total. The number of nitrogens with zero attached hydrogens (tertiary/aromatic N) is 2. The minimum atomic E-state index is -0.179. The molecule has 0 radical (unpaired) electrons. The highest BCUT2D eigenvalue weighted by Crippen LogP contribution is 2.57. The van der Waals surface area contributed by atoms with Crippen molar-refractivity contribution < 1.29 is 0 Å². The summed E-state index contributed by atoms with van der Waals surface area (Å²) in [6.45, 7) is 23.6. The van der Waals surface area contributed by atoms with Crippen molar-refractivity contribution in [1.29, 1.82) is 0 Å². The molecule has 11 rings (SSSR count). The fraction of sp³-hybridized carbons (Fsp3) is 0.226. The quantitative estimate of drug-likeness (QED) is 0.168. The summed E-state index contributed by atoms with van der Waals surface area (Å²) in [5, 5.41) is 2.56. The van der Waals surface area contributed by atoms with Gasteiger partial charge in [-0.15, -0.1) is 0 Å². The minimum Gasteiger partial charge on any atom is -0.310 e. The molecule has 9 aromatic rings. The largest absolute Gasteiger partial charge is 0.310 e. The average Bonchev–Trinajstić information content (AvgIpc) is 3.82. The summed E-state index contributed by atoms with van der Waals surface area (Å²) in [6.07, 6.45) is 0. The average molecular weight is 831 g/mol. The predicted octanol–water partition coefficient (Wildman–Crippen LogP) is 17.1. The lowest BCUT2D eigenvalue weighted by Crippen LogP contribution is -2.20. The molecule has 0 saturated heterocycles. The van der Waals surface area contributed by atoms with Crippen LogP contribution in [0.1, 0.15) is 103 Å². The van der Waals surface area contributed by atoms with Gasteiger partial charge in [0.1, 0.15) is 0 Å². The second kappa shape index (κ2) is 13.9. The standard InChI is InChI=1S/C62H58N2/c1-59(2,3)41-26-33-48-52(34-41)62(9,10)54-35-42(60(4,5)6)36-57(58(48)54)63(43-27-24-40(25-28-43)39-18-12-11-13-19-39)44-29-31-45(32-30-44)64-55-23-17-15-21-47(55)50-37-49-46-20-14-16-22-51(46)61(7,8)53(49)38-56(50)64/h11-38H,1-10H3. The molecular weight excluding hydrogens is 773 g/mol. The molecule has 1 aromatic heterocycles. The van der Waals surface area contributed by atoms with Crippen LogP contribution in [0.15, 0.2) is 170 Å². The van der Waals surface area contributed by atoms with E-state index in [4.69, 9.17) is 0 Å². The minimum absolute atomic E-state index is 0.0468. The maximum absolute atomic E-state index is 2.52. The van der Waals surface area contributed by atoms with Crippen LogP contribution in [0.2, 0.25) is 0 Å². The van der Waals surface area contributed by atoms with E-state index < -0.39 is 0 Å². The second-order valence-corrected chi connectivity index (χ2v) is 21.5. The summed E-state index contributed by atoms with van der Waals surface area (Å²) in [7, 11) is 0. The van der Waals surface area contributed by atoms with Gasteiger partial charge in [-0.05, 0) is 133 Å². The van der Waals surface area contributed by atoms with Crippen LogP contribution in [0.25, 0.3) is 60.9 Å². The highest BCUT2D eigenvalue weighted by atomic mass is 15.1. The summed E-state index contributed by atoms with van der Waals surface area (Å²) in [4.78, 5) is 2.52. The molecule has 0 bridgehead atoms. The Balaban J connectivity index is 1.12. The summed E-state index contributed by atoms with van der Waals surface area (Å²) in [5.41, 5.74) is 22.9. The van der Waals surface area contributed by atoms with Crippen LogP contribution in [0.3, 0.4) is 0 Å². The van der Waals surface area contributed by atoms with Gasteiger partial charge in [0, 0.05) is 44.2 Å². The summed E-state index contributed by atoms with van der Waals surface area (Å²) < 4.78 is 2.48. The lowest BCUT2D eigenvalue weighted by atomic mass is 9.77. The zero-order chi connectivity index (χ0) is 44.5. The van der Waals surface area contributed by atoms with E-state index in [0.29, 0.717) is 0 Å². The van der Waals surface area contributed by atoms with Crippen LogP contribution >= 0.6 is 0 Å². The number of anilines is 3. The van der Waals surface area contributed by atoms with Gasteiger partial charge in [-0.2, -0.15) is 0 Å². The first-order valence-corrected chi connectivity index (χ1v) is 23.1. The molecule has 0 aliphatic heterocycles. The van der Waals surface area contributed by atoms with E-state index in [0.717, 1.165) is 17.1 Å². The van der Waals surface area contributed by atoms with Gasteiger partial charge >= 0.3 is 0 Å². The van der Waals surface area contributed by atoms with E-state index >= 15 is 0 Å². The lowest BCUT2D eigenvalue weighted by molar-refractivity contribution is 0.580. The van der Waals surface area contributed by atoms with E-state index in [-0.39, 0.29) is 21.7 Å². The molecule has 0 N–H and O–H groups in total. The molecular formula is C62H58N2. The Morgan fingerprint density at radius 2 is 0.984 bits per heavy atom. The zero-order valence-electron chi connectivity index (χ0n) is 39.1. The van der Waals surface area contributed by atoms with Crippen LogP contribution in [-0.2, 0) is 21.7 Å². The maximum Gasteiger partial charge on any atom is 0.0546 e. The Bertz CT molecular complexity index is 3310. The van der Waals surface area contributed by atoms with Gasteiger partial charge in [0.2, 0.25) is 0 Å². The molecule has 0 saturated carbocycles. The molecule has 64 heavy (non-hydrogen) atoms. The molecule has 0 spiro atoms. The molecule has 2 aliphatic carbocycles. The number of aromatic nitrogens is 1. The Morgan fingerprint density at radius 1 is 0.406 bits per heavy atom. The monoisotopic (exact) mass is 830 g/mol. The topological polar surface area (TPSA) is 8.17 Å². The van der Waals surface area contributed by atoms with E-state index in [2.05, 4.69) is 249 Å². The van der Waals surface area contributed by atoms with Crippen molar-refractivity contribution in [2.45, 2.75) is 90.9 Å². The first kappa shape index (κ1) is 40.2. The molecule has 316 valence electrons. The van der Waals surface area contributed by atoms with Crippen LogP contribution in [0.4, 0.5) is 17.1 Å². The van der Waals surface area contributed by atoms with Crippen molar-refractivity contribution in [2.24, 2.45) is 0 Å². The van der Waals surface area contributed by atoms with Crippen molar-refractivity contribution in [3.8, 4) is 39.1 Å². The van der Waals surface area contributed by atoms with Gasteiger partial charge in [-0.25, -0.2) is 0 Å².